The molecule has 1 heterocycles. The zero-order chi connectivity index (χ0) is 33.5. The number of likely N-dealkylation sites (N-methyl/N-ethyl adjacent to an activating group) is 1. The number of aromatic nitrogens is 2. The number of aliphatic hydroxyl groups excluding tert-OH is 2. The van der Waals surface area contributed by atoms with Gasteiger partial charge in [-0.25, -0.2) is 4.98 Å². The van der Waals surface area contributed by atoms with Crippen LogP contribution in [0.1, 0.15) is 77.7 Å². The van der Waals surface area contributed by atoms with Crippen molar-refractivity contribution in [3.8, 4) is 0 Å². The highest BCUT2D eigenvalue weighted by molar-refractivity contribution is 5.92. The van der Waals surface area contributed by atoms with E-state index in [4.69, 9.17) is 0 Å². The third-order valence-corrected chi connectivity index (χ3v) is 8.92. The van der Waals surface area contributed by atoms with Gasteiger partial charge in [0.15, 0.2) is 0 Å². The zero-order valence-electron chi connectivity index (χ0n) is 28.1. The molecule has 2 aromatic rings. The first kappa shape index (κ1) is 37.0. The van der Waals surface area contributed by atoms with E-state index in [1.807, 2.05) is 54.9 Å². The Bertz CT molecular complexity index is 1210. The number of amides is 3. The summed E-state index contributed by atoms with van der Waals surface area (Å²) in [6.07, 6.45) is 13.2. The number of allylic oxidation sites excluding steroid dienone is 1. The molecule has 10 heteroatoms. The minimum Gasteiger partial charge on any atom is -0.390 e. The monoisotopic (exact) mass is 637 g/mol. The van der Waals surface area contributed by atoms with Crippen LogP contribution in [-0.4, -0.2) is 80.3 Å². The molecule has 1 aromatic carbocycles. The van der Waals surface area contributed by atoms with Gasteiger partial charge in [-0.05, 0) is 43.6 Å². The molecule has 0 radical (unpaired) electrons. The van der Waals surface area contributed by atoms with Crippen molar-refractivity contribution in [3.63, 3.8) is 0 Å². The molecule has 4 N–H and O–H groups in total. The lowest BCUT2D eigenvalue weighted by molar-refractivity contribution is -0.136. The first-order valence-corrected chi connectivity index (χ1v) is 16.9. The Balaban J connectivity index is 1.73. The van der Waals surface area contributed by atoms with Crippen molar-refractivity contribution in [2.75, 3.05) is 13.6 Å². The molecule has 0 saturated heterocycles. The summed E-state index contributed by atoms with van der Waals surface area (Å²) in [5.41, 5.74) is 0.915. The van der Waals surface area contributed by atoms with Gasteiger partial charge in [0.1, 0.15) is 12.1 Å². The quantitative estimate of drug-likeness (QED) is 0.183. The van der Waals surface area contributed by atoms with Gasteiger partial charge >= 0.3 is 0 Å². The van der Waals surface area contributed by atoms with Gasteiger partial charge in [0.25, 0.3) is 0 Å². The van der Waals surface area contributed by atoms with Crippen LogP contribution in [0.3, 0.4) is 0 Å². The molecular formula is C36H55N5O5. The summed E-state index contributed by atoms with van der Waals surface area (Å²) in [6.45, 7) is 6.78. The van der Waals surface area contributed by atoms with Crippen molar-refractivity contribution in [1.82, 2.24) is 25.1 Å². The summed E-state index contributed by atoms with van der Waals surface area (Å²) in [5.74, 6) is -1.20. The number of hydrogen-bond donors (Lipinski definition) is 4. The van der Waals surface area contributed by atoms with Crippen molar-refractivity contribution in [2.24, 2.45) is 17.8 Å². The largest absolute Gasteiger partial charge is 0.390 e. The van der Waals surface area contributed by atoms with E-state index in [1.54, 1.807) is 43.5 Å². The van der Waals surface area contributed by atoms with E-state index in [2.05, 4.69) is 15.6 Å². The molecular weight excluding hydrogens is 582 g/mol. The SMILES string of the molecule is C/C=C/[C@H](NC(=O)[C@@H](CC(=O)N(C)CCn1ccnc1)Cc1ccccc1)C(=O)NC(CC1CCCCC1)[C@@H](O)[C@@H](O)CC(C)C. The lowest BCUT2D eigenvalue weighted by Crippen LogP contribution is -2.55. The Hall–Kier alpha value is -3.50. The van der Waals surface area contributed by atoms with Gasteiger partial charge in [-0.1, -0.05) is 88.4 Å². The first-order valence-electron chi connectivity index (χ1n) is 16.9. The molecule has 0 aliphatic heterocycles. The normalized spacial score (nSPS) is 17.3. The van der Waals surface area contributed by atoms with E-state index in [-0.39, 0.29) is 18.2 Å². The molecule has 1 aliphatic carbocycles. The molecule has 1 fully saturated rings. The van der Waals surface area contributed by atoms with Crippen LogP contribution in [0.25, 0.3) is 0 Å². The van der Waals surface area contributed by atoms with Crippen LogP contribution in [-0.2, 0) is 27.3 Å². The molecule has 1 aliphatic rings. The molecule has 5 atom stereocenters. The molecule has 46 heavy (non-hydrogen) atoms. The summed E-state index contributed by atoms with van der Waals surface area (Å²) in [5, 5.41) is 27.9. The van der Waals surface area contributed by atoms with Crippen LogP contribution < -0.4 is 10.6 Å². The highest BCUT2D eigenvalue weighted by Crippen LogP contribution is 2.29. The first-order chi connectivity index (χ1) is 22.1. The molecule has 10 nitrogen and oxygen atoms in total. The van der Waals surface area contributed by atoms with Crippen LogP contribution >= 0.6 is 0 Å². The molecule has 254 valence electrons. The lowest BCUT2D eigenvalue weighted by atomic mass is 9.82. The van der Waals surface area contributed by atoms with Gasteiger partial charge < -0.3 is 30.3 Å². The van der Waals surface area contributed by atoms with E-state index in [0.717, 1.165) is 31.2 Å². The molecule has 1 aromatic heterocycles. The smallest absolute Gasteiger partial charge is 0.246 e. The molecule has 1 unspecified atom stereocenters. The zero-order valence-corrected chi connectivity index (χ0v) is 28.1. The Morgan fingerprint density at radius 3 is 2.41 bits per heavy atom. The second-order valence-corrected chi connectivity index (χ2v) is 13.3. The maximum Gasteiger partial charge on any atom is 0.246 e. The highest BCUT2D eigenvalue weighted by atomic mass is 16.3. The maximum atomic E-state index is 13.8. The van der Waals surface area contributed by atoms with Crippen molar-refractivity contribution in [2.45, 2.75) is 109 Å². The number of nitrogens with one attached hydrogen (secondary N) is 2. The fraction of sp³-hybridized carbons (Fsp3) is 0.611. The summed E-state index contributed by atoms with van der Waals surface area (Å²) < 4.78 is 1.89. The average Bonchev–Trinajstić information content (AvgIpc) is 3.57. The van der Waals surface area contributed by atoms with Crippen molar-refractivity contribution >= 4 is 17.7 Å². The molecule has 0 bridgehead atoms. The summed E-state index contributed by atoms with van der Waals surface area (Å²) >= 11 is 0. The summed E-state index contributed by atoms with van der Waals surface area (Å²) in [4.78, 5) is 46.5. The van der Waals surface area contributed by atoms with E-state index in [0.29, 0.717) is 38.3 Å². The standard InChI is InChI=1S/C36H55N5O5/c1-5-12-30(36(46)39-31(23-28-15-10-7-11-16-28)34(44)32(42)21-26(2)3)38-35(45)29(22-27-13-8-6-9-14-27)24-33(43)40(4)19-20-41-18-17-37-25-41/h5-6,8-9,12-14,17-18,25-26,28-32,34,42,44H,7,10-11,15-16,19-24H2,1-4H3,(H,38,45)(H,39,46)/b12-5+/t29-,30+,31?,32+,34-/m1/s1. The Labute approximate surface area is 274 Å². The van der Waals surface area contributed by atoms with Crippen LogP contribution in [0, 0.1) is 17.8 Å². The minimum atomic E-state index is -1.13. The van der Waals surface area contributed by atoms with Crippen LogP contribution in [0.5, 0.6) is 0 Å². The Morgan fingerprint density at radius 1 is 1.07 bits per heavy atom. The third-order valence-electron chi connectivity index (χ3n) is 8.92. The number of nitrogens with zero attached hydrogens (tertiary/aromatic N) is 3. The minimum absolute atomic E-state index is 0.0181. The average molecular weight is 638 g/mol. The fourth-order valence-corrected chi connectivity index (χ4v) is 6.23. The van der Waals surface area contributed by atoms with Crippen LogP contribution in [0.15, 0.2) is 61.2 Å². The topological polar surface area (TPSA) is 137 Å². The second-order valence-electron chi connectivity index (χ2n) is 13.3. The molecule has 0 spiro atoms. The summed E-state index contributed by atoms with van der Waals surface area (Å²) in [7, 11) is 1.72. The number of hydrogen-bond acceptors (Lipinski definition) is 6. The number of imidazole rings is 1. The van der Waals surface area contributed by atoms with E-state index in [9.17, 15) is 24.6 Å². The van der Waals surface area contributed by atoms with Crippen molar-refractivity contribution in [3.05, 3.63) is 66.8 Å². The van der Waals surface area contributed by atoms with Gasteiger partial charge in [-0.3, -0.25) is 14.4 Å². The third kappa shape index (κ3) is 12.4. The van der Waals surface area contributed by atoms with Gasteiger partial charge in [0, 0.05) is 39.0 Å². The van der Waals surface area contributed by atoms with Gasteiger partial charge in [0.2, 0.25) is 17.7 Å². The van der Waals surface area contributed by atoms with Crippen LogP contribution in [0.2, 0.25) is 0 Å². The maximum absolute atomic E-state index is 13.8. The predicted molar refractivity (Wildman–Crippen MR) is 179 cm³/mol. The number of benzene rings is 1. The van der Waals surface area contributed by atoms with Crippen LogP contribution in [0.4, 0.5) is 0 Å². The van der Waals surface area contributed by atoms with E-state index < -0.39 is 42.0 Å². The van der Waals surface area contributed by atoms with E-state index in [1.165, 1.54) is 6.42 Å². The van der Waals surface area contributed by atoms with Gasteiger partial charge in [0.05, 0.1) is 24.4 Å². The van der Waals surface area contributed by atoms with Gasteiger partial charge in [-0.2, -0.15) is 0 Å². The fourth-order valence-electron chi connectivity index (χ4n) is 6.23. The molecule has 1 saturated carbocycles. The predicted octanol–water partition coefficient (Wildman–Crippen LogP) is 3.87. The number of rotatable bonds is 18. The molecule has 3 amide bonds. The number of carbonyl (C=O) groups is 3. The Kier molecular flexibility index (Phi) is 15.5. The van der Waals surface area contributed by atoms with E-state index >= 15 is 0 Å². The Morgan fingerprint density at radius 2 is 1.78 bits per heavy atom. The van der Waals surface area contributed by atoms with Gasteiger partial charge in [-0.15, -0.1) is 0 Å². The van der Waals surface area contributed by atoms with Crippen molar-refractivity contribution in [1.29, 1.82) is 0 Å². The highest BCUT2D eigenvalue weighted by Gasteiger charge is 2.33. The molecule has 3 rings (SSSR count). The number of aliphatic hydroxyl groups is 2. The lowest BCUT2D eigenvalue weighted by Gasteiger charge is -2.33. The number of carbonyl (C=O) groups excluding carboxylic acids is 3. The second kappa shape index (κ2) is 19.2. The van der Waals surface area contributed by atoms with Crippen molar-refractivity contribution < 1.29 is 24.6 Å². The summed E-state index contributed by atoms with van der Waals surface area (Å²) in [6, 6.07) is 7.87.